The second-order valence-electron chi connectivity index (χ2n) is 5.03. The van der Waals surface area contributed by atoms with Crippen molar-refractivity contribution in [2.45, 2.75) is 19.4 Å². The van der Waals surface area contributed by atoms with Crippen molar-refractivity contribution in [3.63, 3.8) is 0 Å². The summed E-state index contributed by atoms with van der Waals surface area (Å²) in [6.45, 7) is 2.05. The average molecular weight is 308 g/mol. The van der Waals surface area contributed by atoms with Gasteiger partial charge in [-0.05, 0) is 49.7 Å². The van der Waals surface area contributed by atoms with Crippen molar-refractivity contribution in [1.29, 1.82) is 0 Å². The molecule has 2 aromatic carbocycles. The van der Waals surface area contributed by atoms with Gasteiger partial charge < -0.3 is 10.1 Å². The molecule has 0 radical (unpaired) electrons. The van der Waals surface area contributed by atoms with Gasteiger partial charge in [0.2, 0.25) is 0 Å². The molecule has 0 aliphatic heterocycles. The van der Waals surface area contributed by atoms with E-state index in [1.807, 2.05) is 26.1 Å². The summed E-state index contributed by atoms with van der Waals surface area (Å²) >= 11 is 5.87. The van der Waals surface area contributed by atoms with Crippen LogP contribution in [0, 0.1) is 12.7 Å². The number of rotatable bonds is 5. The molecule has 0 aliphatic carbocycles. The van der Waals surface area contributed by atoms with E-state index in [0.717, 1.165) is 23.3 Å². The van der Waals surface area contributed by atoms with Crippen LogP contribution in [0.4, 0.5) is 4.39 Å². The Bertz CT molecular complexity index is 630. The van der Waals surface area contributed by atoms with E-state index in [0.29, 0.717) is 0 Å². The van der Waals surface area contributed by atoms with Gasteiger partial charge in [0.1, 0.15) is 11.6 Å². The van der Waals surface area contributed by atoms with Gasteiger partial charge in [-0.2, -0.15) is 0 Å². The maximum absolute atomic E-state index is 13.3. The highest BCUT2D eigenvalue weighted by molar-refractivity contribution is 6.30. The van der Waals surface area contributed by atoms with Gasteiger partial charge >= 0.3 is 0 Å². The maximum Gasteiger partial charge on any atom is 0.141 e. The summed E-state index contributed by atoms with van der Waals surface area (Å²) < 4.78 is 18.7. The van der Waals surface area contributed by atoms with Crippen molar-refractivity contribution < 1.29 is 9.13 Å². The topological polar surface area (TPSA) is 21.3 Å². The summed E-state index contributed by atoms with van der Waals surface area (Å²) in [7, 11) is 3.54. The van der Waals surface area contributed by atoms with Gasteiger partial charge in [-0.25, -0.2) is 4.39 Å². The van der Waals surface area contributed by atoms with Crippen LogP contribution >= 0.6 is 11.6 Å². The van der Waals surface area contributed by atoms with E-state index >= 15 is 0 Å². The number of hydrogen-bond donors (Lipinski definition) is 1. The molecule has 1 unspecified atom stereocenters. The van der Waals surface area contributed by atoms with Crippen LogP contribution in [-0.4, -0.2) is 14.2 Å². The van der Waals surface area contributed by atoms with Gasteiger partial charge in [-0.3, -0.25) is 0 Å². The molecule has 1 atom stereocenters. The third-order valence-corrected chi connectivity index (χ3v) is 3.84. The van der Waals surface area contributed by atoms with Gasteiger partial charge in [0.25, 0.3) is 0 Å². The molecule has 0 saturated heterocycles. The van der Waals surface area contributed by atoms with Crippen LogP contribution in [0.2, 0.25) is 5.02 Å². The fourth-order valence-corrected chi connectivity index (χ4v) is 2.59. The molecule has 0 fully saturated rings. The molecule has 1 N–H and O–H groups in total. The molecular formula is C17H19ClFNO. The Balaban J connectivity index is 2.30. The number of halogens is 2. The van der Waals surface area contributed by atoms with Crippen molar-refractivity contribution in [3.8, 4) is 5.75 Å². The molecule has 2 nitrogen and oxygen atoms in total. The summed E-state index contributed by atoms with van der Waals surface area (Å²) in [5.41, 5.74) is 3.24. The predicted molar refractivity (Wildman–Crippen MR) is 84.6 cm³/mol. The van der Waals surface area contributed by atoms with Crippen LogP contribution in [0.3, 0.4) is 0 Å². The van der Waals surface area contributed by atoms with Crippen LogP contribution in [-0.2, 0) is 6.42 Å². The van der Waals surface area contributed by atoms with Crippen molar-refractivity contribution >= 4 is 11.6 Å². The third-order valence-electron chi connectivity index (χ3n) is 3.55. The van der Waals surface area contributed by atoms with Gasteiger partial charge in [0, 0.05) is 6.04 Å². The highest BCUT2D eigenvalue weighted by atomic mass is 35.5. The fourth-order valence-electron chi connectivity index (χ4n) is 2.40. The molecule has 4 heteroatoms. The van der Waals surface area contributed by atoms with Gasteiger partial charge in [-0.15, -0.1) is 0 Å². The maximum atomic E-state index is 13.3. The molecular weight excluding hydrogens is 289 g/mol. The van der Waals surface area contributed by atoms with Gasteiger partial charge in [0.05, 0.1) is 12.1 Å². The lowest BCUT2D eigenvalue weighted by Gasteiger charge is -2.19. The Labute approximate surface area is 129 Å². The second kappa shape index (κ2) is 6.92. The second-order valence-corrected chi connectivity index (χ2v) is 5.44. The fraction of sp³-hybridized carbons (Fsp3) is 0.294. The summed E-state index contributed by atoms with van der Waals surface area (Å²) in [5, 5.41) is 3.39. The van der Waals surface area contributed by atoms with Crippen molar-refractivity contribution in [3.05, 3.63) is 63.9 Å². The summed E-state index contributed by atoms with van der Waals surface area (Å²) in [6.07, 6.45) is 0.739. The molecule has 0 saturated carbocycles. The van der Waals surface area contributed by atoms with E-state index in [-0.39, 0.29) is 11.1 Å². The van der Waals surface area contributed by atoms with E-state index < -0.39 is 5.82 Å². The number of ether oxygens (including phenoxy) is 1. The van der Waals surface area contributed by atoms with Crippen LogP contribution in [0.15, 0.2) is 36.4 Å². The highest BCUT2D eigenvalue weighted by Crippen LogP contribution is 2.28. The molecule has 0 aliphatic rings. The predicted octanol–water partition coefficient (Wildman–Crippen LogP) is 4.30. The first-order valence-electron chi connectivity index (χ1n) is 6.81. The summed E-state index contributed by atoms with van der Waals surface area (Å²) in [4.78, 5) is 0. The molecule has 21 heavy (non-hydrogen) atoms. The van der Waals surface area contributed by atoms with E-state index in [2.05, 4.69) is 11.4 Å². The number of aryl methyl sites for hydroxylation is 1. The summed E-state index contributed by atoms with van der Waals surface area (Å²) in [6, 6.07) is 11.0. The quantitative estimate of drug-likeness (QED) is 0.889. The Morgan fingerprint density at radius 2 is 2.00 bits per heavy atom. The average Bonchev–Trinajstić information content (AvgIpc) is 2.48. The molecule has 2 rings (SSSR count). The van der Waals surface area contributed by atoms with Crippen LogP contribution in [0.25, 0.3) is 0 Å². The number of methoxy groups -OCH3 is 1. The first-order chi connectivity index (χ1) is 10.0. The van der Waals surface area contributed by atoms with E-state index in [4.69, 9.17) is 16.3 Å². The first-order valence-corrected chi connectivity index (χ1v) is 7.18. The number of nitrogens with one attached hydrogen (secondary N) is 1. The third kappa shape index (κ3) is 3.74. The number of benzene rings is 2. The molecule has 2 aromatic rings. The van der Waals surface area contributed by atoms with Crippen molar-refractivity contribution in [2.24, 2.45) is 0 Å². The zero-order valence-corrected chi connectivity index (χ0v) is 13.2. The lowest BCUT2D eigenvalue weighted by Crippen LogP contribution is -2.19. The zero-order valence-electron chi connectivity index (χ0n) is 12.4. The minimum absolute atomic E-state index is 0.0406. The Kier molecular flexibility index (Phi) is 5.21. The van der Waals surface area contributed by atoms with Crippen LogP contribution < -0.4 is 10.1 Å². The SMILES string of the molecule is CNC(Cc1cc(C)ccc1OC)c1ccc(F)c(Cl)c1. The molecule has 0 heterocycles. The minimum Gasteiger partial charge on any atom is -0.496 e. The molecule has 0 aromatic heterocycles. The van der Waals surface area contributed by atoms with Crippen molar-refractivity contribution in [1.82, 2.24) is 5.32 Å². The molecule has 112 valence electrons. The number of hydrogen-bond acceptors (Lipinski definition) is 2. The standard InChI is InChI=1S/C17H19ClFNO/c1-11-4-7-17(21-3)13(8-11)10-16(20-2)12-5-6-15(19)14(18)9-12/h4-9,16,20H,10H2,1-3H3. The molecule has 0 amide bonds. The summed E-state index contributed by atoms with van der Waals surface area (Å²) in [5.74, 6) is 0.456. The first kappa shape index (κ1) is 15.8. The lowest BCUT2D eigenvalue weighted by atomic mass is 9.97. The van der Waals surface area contributed by atoms with Gasteiger partial charge in [0.15, 0.2) is 0 Å². The van der Waals surface area contributed by atoms with E-state index in [1.165, 1.54) is 11.6 Å². The largest absolute Gasteiger partial charge is 0.496 e. The normalized spacial score (nSPS) is 12.2. The Morgan fingerprint density at radius 1 is 1.24 bits per heavy atom. The van der Waals surface area contributed by atoms with Crippen LogP contribution in [0.5, 0.6) is 5.75 Å². The molecule has 0 bridgehead atoms. The monoisotopic (exact) mass is 307 g/mol. The lowest BCUT2D eigenvalue weighted by molar-refractivity contribution is 0.406. The number of likely N-dealkylation sites (N-methyl/N-ethyl adjacent to an activating group) is 1. The van der Waals surface area contributed by atoms with E-state index in [9.17, 15) is 4.39 Å². The van der Waals surface area contributed by atoms with Crippen molar-refractivity contribution in [2.75, 3.05) is 14.2 Å². The van der Waals surface area contributed by atoms with Crippen LogP contribution in [0.1, 0.15) is 22.7 Å². The molecule has 0 spiro atoms. The highest BCUT2D eigenvalue weighted by Gasteiger charge is 2.15. The Hall–Kier alpha value is -1.58. The van der Waals surface area contributed by atoms with Gasteiger partial charge in [-0.1, -0.05) is 35.4 Å². The Morgan fingerprint density at radius 3 is 2.62 bits per heavy atom. The smallest absolute Gasteiger partial charge is 0.141 e. The van der Waals surface area contributed by atoms with E-state index in [1.54, 1.807) is 19.2 Å². The minimum atomic E-state index is -0.400. The zero-order chi connectivity index (χ0) is 15.4.